The molecule has 0 spiro atoms. The Kier molecular flexibility index (Phi) is 4.91. The lowest BCUT2D eigenvalue weighted by molar-refractivity contribution is -0.115. The van der Waals surface area contributed by atoms with Gasteiger partial charge in [0.15, 0.2) is 0 Å². The SMILES string of the molecule is CCC(C)(C)NCC(=O)Nc1cccc(C)c1C. The minimum Gasteiger partial charge on any atom is -0.325 e. The first-order valence-corrected chi connectivity index (χ1v) is 6.47. The first-order chi connectivity index (χ1) is 8.35. The molecule has 3 nitrogen and oxygen atoms in total. The molecule has 0 atom stereocenters. The van der Waals surface area contributed by atoms with Gasteiger partial charge in [0.05, 0.1) is 6.54 Å². The van der Waals surface area contributed by atoms with E-state index in [1.807, 2.05) is 32.0 Å². The van der Waals surface area contributed by atoms with E-state index >= 15 is 0 Å². The molecule has 0 aliphatic heterocycles. The van der Waals surface area contributed by atoms with E-state index in [2.05, 4.69) is 31.4 Å². The Labute approximate surface area is 110 Å². The summed E-state index contributed by atoms with van der Waals surface area (Å²) in [6.45, 7) is 10.7. The summed E-state index contributed by atoms with van der Waals surface area (Å²) in [7, 11) is 0. The minimum absolute atomic E-state index is 0.00100. The fourth-order valence-corrected chi connectivity index (χ4v) is 1.53. The lowest BCUT2D eigenvalue weighted by Crippen LogP contribution is -2.43. The van der Waals surface area contributed by atoms with Gasteiger partial charge in [0.1, 0.15) is 0 Å². The summed E-state index contributed by atoms with van der Waals surface area (Å²) in [6.07, 6.45) is 0.990. The third-order valence-electron chi connectivity index (χ3n) is 3.49. The summed E-state index contributed by atoms with van der Waals surface area (Å²) in [4.78, 5) is 11.9. The molecule has 0 unspecified atom stereocenters. The van der Waals surface area contributed by atoms with E-state index in [0.29, 0.717) is 6.54 Å². The number of carbonyl (C=O) groups excluding carboxylic acids is 1. The van der Waals surface area contributed by atoms with E-state index in [9.17, 15) is 4.79 Å². The Morgan fingerprint density at radius 3 is 2.56 bits per heavy atom. The second kappa shape index (κ2) is 6.01. The molecule has 0 aromatic heterocycles. The lowest BCUT2D eigenvalue weighted by Gasteiger charge is -2.24. The topological polar surface area (TPSA) is 41.1 Å². The van der Waals surface area contributed by atoms with E-state index in [1.54, 1.807) is 0 Å². The zero-order chi connectivity index (χ0) is 13.8. The van der Waals surface area contributed by atoms with Crippen LogP contribution in [0.15, 0.2) is 18.2 Å². The highest BCUT2D eigenvalue weighted by molar-refractivity contribution is 5.93. The van der Waals surface area contributed by atoms with Crippen molar-refractivity contribution in [1.29, 1.82) is 0 Å². The van der Waals surface area contributed by atoms with Gasteiger partial charge in [-0.05, 0) is 51.3 Å². The maximum atomic E-state index is 11.9. The van der Waals surface area contributed by atoms with Crippen molar-refractivity contribution in [3.63, 3.8) is 0 Å². The number of hydrogen-bond donors (Lipinski definition) is 2. The molecule has 0 saturated heterocycles. The Hall–Kier alpha value is -1.35. The van der Waals surface area contributed by atoms with Crippen molar-refractivity contribution in [3.05, 3.63) is 29.3 Å². The number of carbonyl (C=O) groups is 1. The van der Waals surface area contributed by atoms with Crippen LogP contribution < -0.4 is 10.6 Å². The predicted octanol–water partition coefficient (Wildman–Crippen LogP) is 3.02. The van der Waals surface area contributed by atoms with Gasteiger partial charge < -0.3 is 10.6 Å². The molecule has 1 aromatic rings. The molecule has 100 valence electrons. The summed E-state index contributed by atoms with van der Waals surface area (Å²) >= 11 is 0. The summed E-state index contributed by atoms with van der Waals surface area (Å²) in [5.74, 6) is 0.00484. The molecule has 0 fully saturated rings. The largest absolute Gasteiger partial charge is 0.325 e. The standard InChI is InChI=1S/C15H24N2O/c1-6-15(4,5)16-10-14(18)17-13-9-7-8-11(2)12(13)3/h7-9,16H,6,10H2,1-5H3,(H,17,18). The highest BCUT2D eigenvalue weighted by atomic mass is 16.1. The molecule has 0 bridgehead atoms. The summed E-state index contributed by atoms with van der Waals surface area (Å²) < 4.78 is 0. The molecule has 3 heteroatoms. The smallest absolute Gasteiger partial charge is 0.238 e. The number of aryl methyl sites for hydroxylation is 1. The number of amides is 1. The van der Waals surface area contributed by atoms with Gasteiger partial charge in [0.25, 0.3) is 0 Å². The van der Waals surface area contributed by atoms with Crippen LogP contribution in [0.4, 0.5) is 5.69 Å². The monoisotopic (exact) mass is 248 g/mol. The third-order valence-corrected chi connectivity index (χ3v) is 3.49. The van der Waals surface area contributed by atoms with Gasteiger partial charge in [-0.1, -0.05) is 19.1 Å². The van der Waals surface area contributed by atoms with Crippen LogP contribution in [0.25, 0.3) is 0 Å². The second-order valence-corrected chi connectivity index (χ2v) is 5.39. The molecule has 1 rings (SSSR count). The van der Waals surface area contributed by atoms with Crippen molar-refractivity contribution < 1.29 is 4.79 Å². The molecule has 18 heavy (non-hydrogen) atoms. The van der Waals surface area contributed by atoms with Gasteiger partial charge in [-0.3, -0.25) is 4.79 Å². The molecule has 0 saturated carbocycles. The van der Waals surface area contributed by atoms with Crippen molar-refractivity contribution >= 4 is 11.6 Å². The Morgan fingerprint density at radius 1 is 1.28 bits per heavy atom. The number of hydrogen-bond acceptors (Lipinski definition) is 2. The van der Waals surface area contributed by atoms with Crippen LogP contribution >= 0.6 is 0 Å². The normalized spacial score (nSPS) is 11.4. The van der Waals surface area contributed by atoms with Gasteiger partial charge in [-0.25, -0.2) is 0 Å². The third kappa shape index (κ3) is 4.15. The van der Waals surface area contributed by atoms with Crippen LogP contribution in [-0.4, -0.2) is 18.0 Å². The quantitative estimate of drug-likeness (QED) is 0.841. The maximum Gasteiger partial charge on any atom is 0.238 e. The first-order valence-electron chi connectivity index (χ1n) is 6.47. The van der Waals surface area contributed by atoms with Crippen molar-refractivity contribution in [2.24, 2.45) is 0 Å². The molecule has 1 aromatic carbocycles. The van der Waals surface area contributed by atoms with Crippen LogP contribution in [0.2, 0.25) is 0 Å². The average Bonchev–Trinajstić information content (AvgIpc) is 2.33. The Morgan fingerprint density at radius 2 is 1.94 bits per heavy atom. The zero-order valence-electron chi connectivity index (χ0n) is 12.1. The predicted molar refractivity (Wildman–Crippen MR) is 76.9 cm³/mol. The zero-order valence-corrected chi connectivity index (χ0v) is 12.1. The van der Waals surface area contributed by atoms with Gasteiger partial charge in [-0.15, -0.1) is 0 Å². The van der Waals surface area contributed by atoms with E-state index < -0.39 is 0 Å². The highest BCUT2D eigenvalue weighted by Crippen LogP contribution is 2.17. The van der Waals surface area contributed by atoms with Crippen LogP contribution in [0, 0.1) is 13.8 Å². The van der Waals surface area contributed by atoms with E-state index in [0.717, 1.165) is 17.7 Å². The molecule has 0 heterocycles. The molecule has 2 N–H and O–H groups in total. The van der Waals surface area contributed by atoms with E-state index in [-0.39, 0.29) is 11.4 Å². The molecule has 1 amide bonds. The Balaban J connectivity index is 2.58. The minimum atomic E-state index is -0.00100. The van der Waals surface area contributed by atoms with E-state index in [1.165, 1.54) is 5.56 Å². The summed E-state index contributed by atoms with van der Waals surface area (Å²) in [5.41, 5.74) is 3.21. The Bertz CT molecular complexity index is 425. The fraction of sp³-hybridized carbons (Fsp3) is 0.533. The van der Waals surface area contributed by atoms with Gasteiger partial charge in [-0.2, -0.15) is 0 Å². The summed E-state index contributed by atoms with van der Waals surface area (Å²) in [6, 6.07) is 5.94. The molecular weight excluding hydrogens is 224 g/mol. The van der Waals surface area contributed by atoms with Crippen LogP contribution in [0.1, 0.15) is 38.3 Å². The number of nitrogens with one attached hydrogen (secondary N) is 2. The average molecular weight is 248 g/mol. The number of anilines is 1. The second-order valence-electron chi connectivity index (χ2n) is 5.39. The first kappa shape index (κ1) is 14.7. The van der Waals surface area contributed by atoms with Gasteiger partial charge in [0, 0.05) is 11.2 Å². The number of benzene rings is 1. The molecule has 0 radical (unpaired) electrons. The molecular formula is C15H24N2O. The summed E-state index contributed by atoms with van der Waals surface area (Å²) in [5, 5.41) is 6.20. The molecule has 0 aliphatic rings. The van der Waals surface area contributed by atoms with Crippen molar-refractivity contribution in [3.8, 4) is 0 Å². The van der Waals surface area contributed by atoms with Crippen LogP contribution in [-0.2, 0) is 4.79 Å². The fourth-order valence-electron chi connectivity index (χ4n) is 1.53. The van der Waals surface area contributed by atoms with Crippen LogP contribution in [0.3, 0.4) is 0 Å². The number of rotatable bonds is 5. The van der Waals surface area contributed by atoms with Crippen molar-refractivity contribution in [1.82, 2.24) is 5.32 Å². The maximum absolute atomic E-state index is 11.9. The van der Waals surface area contributed by atoms with Crippen LogP contribution in [0.5, 0.6) is 0 Å². The molecule has 0 aliphatic carbocycles. The van der Waals surface area contributed by atoms with Gasteiger partial charge in [0.2, 0.25) is 5.91 Å². The van der Waals surface area contributed by atoms with E-state index in [4.69, 9.17) is 0 Å². The van der Waals surface area contributed by atoms with Gasteiger partial charge >= 0.3 is 0 Å². The highest BCUT2D eigenvalue weighted by Gasteiger charge is 2.15. The van der Waals surface area contributed by atoms with Crippen molar-refractivity contribution in [2.45, 2.75) is 46.6 Å². The lowest BCUT2D eigenvalue weighted by atomic mass is 10.0. The van der Waals surface area contributed by atoms with Crippen molar-refractivity contribution in [2.75, 3.05) is 11.9 Å².